The van der Waals surface area contributed by atoms with Gasteiger partial charge in [-0.3, -0.25) is 0 Å². The fourth-order valence-corrected chi connectivity index (χ4v) is 2.28. The van der Waals surface area contributed by atoms with Gasteiger partial charge in [-0.05, 0) is 26.0 Å². The van der Waals surface area contributed by atoms with E-state index in [4.69, 9.17) is 9.15 Å². The molecule has 1 aromatic carbocycles. The fraction of sp³-hybridized carbons (Fsp3) is 0.188. The third kappa shape index (κ3) is 1.93. The highest BCUT2D eigenvalue weighted by atomic mass is 19.1. The molecule has 4 heteroatoms. The van der Waals surface area contributed by atoms with Crippen LogP contribution < -0.4 is 10.4 Å². The monoisotopic (exact) mass is 272 g/mol. The molecule has 3 nitrogen and oxygen atoms in total. The van der Waals surface area contributed by atoms with E-state index in [2.05, 4.69) is 0 Å². The Morgan fingerprint density at radius 2 is 2.00 bits per heavy atom. The Hall–Kier alpha value is -2.36. The lowest BCUT2D eigenvalue weighted by molar-refractivity contribution is 0.376. The number of fused-ring (bicyclic) bond motifs is 1. The van der Waals surface area contributed by atoms with Crippen LogP contribution in [0.15, 0.2) is 33.5 Å². The van der Waals surface area contributed by atoms with Crippen molar-refractivity contribution in [3.05, 3.63) is 63.0 Å². The normalized spacial score (nSPS) is 15.2. The second kappa shape index (κ2) is 4.63. The summed E-state index contributed by atoms with van der Waals surface area (Å²) >= 11 is 0. The van der Waals surface area contributed by atoms with E-state index < -0.39 is 5.63 Å². The second-order valence-corrected chi connectivity index (χ2v) is 4.75. The van der Waals surface area contributed by atoms with E-state index in [1.54, 1.807) is 31.2 Å². The number of rotatable bonds is 1. The van der Waals surface area contributed by atoms with Crippen LogP contribution in [0.25, 0.3) is 11.6 Å². The first-order chi connectivity index (χ1) is 9.58. The summed E-state index contributed by atoms with van der Waals surface area (Å²) in [6, 6.07) is 6.41. The zero-order chi connectivity index (χ0) is 14.3. The molecule has 102 valence electrons. The molecule has 0 aliphatic carbocycles. The quantitative estimate of drug-likeness (QED) is 0.799. The SMILES string of the molecule is Cc1oc(=O)c2c(c1C)OC/C2=C\c1ccccc1F. The van der Waals surface area contributed by atoms with Crippen molar-refractivity contribution in [3.63, 3.8) is 0 Å². The van der Waals surface area contributed by atoms with E-state index in [0.717, 1.165) is 5.56 Å². The lowest BCUT2D eigenvalue weighted by atomic mass is 10.0. The van der Waals surface area contributed by atoms with E-state index in [-0.39, 0.29) is 12.4 Å². The molecule has 0 saturated heterocycles. The lowest BCUT2D eigenvalue weighted by Gasteiger charge is -2.03. The summed E-state index contributed by atoms with van der Waals surface area (Å²) in [6.45, 7) is 3.81. The van der Waals surface area contributed by atoms with Gasteiger partial charge in [0.15, 0.2) is 0 Å². The molecule has 20 heavy (non-hydrogen) atoms. The molecule has 2 heterocycles. The first-order valence-electron chi connectivity index (χ1n) is 6.30. The predicted octanol–water partition coefficient (Wildman–Crippen LogP) is 3.33. The molecular weight excluding hydrogens is 259 g/mol. The highest BCUT2D eigenvalue weighted by Gasteiger charge is 2.26. The molecule has 0 atom stereocenters. The predicted molar refractivity (Wildman–Crippen MR) is 74.2 cm³/mol. The van der Waals surface area contributed by atoms with Crippen molar-refractivity contribution < 1.29 is 13.5 Å². The first-order valence-corrected chi connectivity index (χ1v) is 6.30. The van der Waals surface area contributed by atoms with Gasteiger partial charge >= 0.3 is 5.63 Å². The zero-order valence-electron chi connectivity index (χ0n) is 11.2. The van der Waals surface area contributed by atoms with E-state index >= 15 is 0 Å². The molecule has 2 aromatic rings. The summed E-state index contributed by atoms with van der Waals surface area (Å²) < 4.78 is 24.4. The van der Waals surface area contributed by atoms with Crippen LogP contribution in [0.5, 0.6) is 5.75 Å². The molecule has 0 bridgehead atoms. The fourth-order valence-electron chi connectivity index (χ4n) is 2.28. The van der Waals surface area contributed by atoms with Gasteiger partial charge in [-0.1, -0.05) is 18.2 Å². The van der Waals surface area contributed by atoms with Crippen LogP contribution in [0.1, 0.15) is 22.5 Å². The van der Waals surface area contributed by atoms with Crippen molar-refractivity contribution in [1.29, 1.82) is 0 Å². The van der Waals surface area contributed by atoms with Crippen molar-refractivity contribution in [2.75, 3.05) is 6.61 Å². The second-order valence-electron chi connectivity index (χ2n) is 4.75. The molecule has 0 unspecified atom stereocenters. The van der Waals surface area contributed by atoms with Crippen LogP contribution in [0.2, 0.25) is 0 Å². The van der Waals surface area contributed by atoms with E-state index in [1.165, 1.54) is 6.07 Å². The highest BCUT2D eigenvalue weighted by Crippen LogP contribution is 2.35. The van der Waals surface area contributed by atoms with Gasteiger partial charge in [0.25, 0.3) is 0 Å². The van der Waals surface area contributed by atoms with Gasteiger partial charge in [-0.2, -0.15) is 0 Å². The maximum Gasteiger partial charge on any atom is 0.347 e. The summed E-state index contributed by atoms with van der Waals surface area (Å²) in [5, 5.41) is 0. The Morgan fingerprint density at radius 1 is 1.25 bits per heavy atom. The Labute approximate surface area is 115 Å². The molecule has 3 rings (SSSR count). The van der Waals surface area contributed by atoms with Crippen LogP contribution in [-0.4, -0.2) is 6.61 Å². The van der Waals surface area contributed by atoms with Gasteiger partial charge in [0, 0.05) is 16.7 Å². The van der Waals surface area contributed by atoms with Gasteiger partial charge in [-0.15, -0.1) is 0 Å². The number of aryl methyl sites for hydroxylation is 1. The molecule has 0 radical (unpaired) electrons. The van der Waals surface area contributed by atoms with Crippen molar-refractivity contribution in [3.8, 4) is 5.75 Å². The standard InChI is InChI=1S/C16H13FO3/c1-9-10(2)20-16(18)14-12(8-19-15(9)14)7-11-5-3-4-6-13(11)17/h3-7H,8H2,1-2H3/b12-7+. The average Bonchev–Trinajstić information content (AvgIpc) is 2.83. The van der Waals surface area contributed by atoms with Gasteiger partial charge in [0.1, 0.15) is 29.5 Å². The van der Waals surface area contributed by atoms with Crippen molar-refractivity contribution in [2.45, 2.75) is 13.8 Å². The summed E-state index contributed by atoms with van der Waals surface area (Å²) in [6.07, 6.45) is 1.63. The van der Waals surface area contributed by atoms with Crippen molar-refractivity contribution in [1.82, 2.24) is 0 Å². The van der Waals surface area contributed by atoms with Crippen LogP contribution in [0.4, 0.5) is 4.39 Å². The Balaban J connectivity index is 2.17. The van der Waals surface area contributed by atoms with Crippen molar-refractivity contribution in [2.24, 2.45) is 0 Å². The molecule has 1 aliphatic rings. The van der Waals surface area contributed by atoms with E-state index in [9.17, 15) is 9.18 Å². The molecule has 0 spiro atoms. The number of halogens is 1. The highest BCUT2D eigenvalue weighted by molar-refractivity contribution is 5.87. The Bertz CT molecular complexity index is 772. The van der Waals surface area contributed by atoms with Crippen LogP contribution in [0, 0.1) is 19.7 Å². The first kappa shape index (κ1) is 12.7. The molecule has 1 aromatic heterocycles. The lowest BCUT2D eigenvalue weighted by Crippen LogP contribution is -2.06. The van der Waals surface area contributed by atoms with Crippen molar-refractivity contribution >= 4 is 11.6 Å². The molecule has 0 amide bonds. The molecule has 0 N–H and O–H groups in total. The number of benzene rings is 1. The summed E-state index contributed by atoms with van der Waals surface area (Å²) in [5.41, 5.74) is 1.83. The summed E-state index contributed by atoms with van der Waals surface area (Å²) in [5.74, 6) is 0.754. The summed E-state index contributed by atoms with van der Waals surface area (Å²) in [4.78, 5) is 12.0. The molecular formula is C16H13FO3. The molecule has 1 aliphatic heterocycles. The van der Waals surface area contributed by atoms with Gasteiger partial charge in [-0.25, -0.2) is 9.18 Å². The van der Waals surface area contributed by atoms with Gasteiger partial charge in [0.2, 0.25) is 0 Å². The molecule has 0 fully saturated rings. The maximum absolute atomic E-state index is 13.7. The maximum atomic E-state index is 13.7. The number of ether oxygens (including phenoxy) is 1. The van der Waals surface area contributed by atoms with Crippen LogP contribution in [0.3, 0.4) is 0 Å². The van der Waals surface area contributed by atoms with Crippen LogP contribution >= 0.6 is 0 Å². The number of hydrogen-bond donors (Lipinski definition) is 0. The number of hydrogen-bond acceptors (Lipinski definition) is 3. The minimum Gasteiger partial charge on any atom is -0.488 e. The minimum atomic E-state index is -0.441. The Kier molecular flexibility index (Phi) is 2.93. The minimum absolute atomic E-state index is 0.249. The average molecular weight is 272 g/mol. The third-order valence-electron chi connectivity index (χ3n) is 3.47. The largest absolute Gasteiger partial charge is 0.488 e. The van der Waals surface area contributed by atoms with Gasteiger partial charge < -0.3 is 9.15 Å². The van der Waals surface area contributed by atoms with Gasteiger partial charge in [0.05, 0.1) is 0 Å². The van der Waals surface area contributed by atoms with E-state index in [0.29, 0.717) is 28.2 Å². The summed E-state index contributed by atoms with van der Waals surface area (Å²) in [7, 11) is 0. The van der Waals surface area contributed by atoms with E-state index in [1.807, 2.05) is 6.92 Å². The topological polar surface area (TPSA) is 39.4 Å². The third-order valence-corrected chi connectivity index (χ3v) is 3.47. The Morgan fingerprint density at radius 3 is 2.75 bits per heavy atom. The smallest absolute Gasteiger partial charge is 0.347 e. The zero-order valence-corrected chi connectivity index (χ0v) is 11.2. The molecule has 0 saturated carbocycles. The van der Waals surface area contributed by atoms with Crippen LogP contribution in [-0.2, 0) is 0 Å².